The minimum atomic E-state index is 0.0346. The quantitative estimate of drug-likeness (QED) is 0.886. The van der Waals surface area contributed by atoms with E-state index in [9.17, 15) is 4.79 Å². The first-order valence-corrected chi connectivity index (χ1v) is 7.53. The van der Waals surface area contributed by atoms with Gasteiger partial charge in [0, 0.05) is 13.1 Å². The SMILES string of the molecule is CC(CNC(=O)c1cccc2c1NCCC2)C(C)(C)C. The lowest BCUT2D eigenvalue weighted by atomic mass is 9.82. The molecule has 20 heavy (non-hydrogen) atoms. The van der Waals surface area contributed by atoms with Gasteiger partial charge in [-0.05, 0) is 35.8 Å². The van der Waals surface area contributed by atoms with Gasteiger partial charge in [-0.3, -0.25) is 4.79 Å². The molecule has 0 fully saturated rings. The van der Waals surface area contributed by atoms with Gasteiger partial charge in [0.25, 0.3) is 5.91 Å². The number of benzene rings is 1. The summed E-state index contributed by atoms with van der Waals surface area (Å²) in [6.07, 6.45) is 2.20. The largest absolute Gasteiger partial charge is 0.384 e. The summed E-state index contributed by atoms with van der Waals surface area (Å²) in [6, 6.07) is 6.00. The molecule has 110 valence electrons. The van der Waals surface area contributed by atoms with E-state index in [0.29, 0.717) is 12.5 Å². The number of nitrogens with one attached hydrogen (secondary N) is 2. The maximum Gasteiger partial charge on any atom is 0.253 e. The summed E-state index contributed by atoms with van der Waals surface area (Å²) in [6.45, 7) is 10.5. The second kappa shape index (κ2) is 5.86. The van der Waals surface area contributed by atoms with E-state index >= 15 is 0 Å². The van der Waals surface area contributed by atoms with Crippen LogP contribution in [0.4, 0.5) is 5.69 Å². The fourth-order valence-electron chi connectivity index (χ4n) is 2.35. The van der Waals surface area contributed by atoms with Crippen molar-refractivity contribution in [3.63, 3.8) is 0 Å². The van der Waals surface area contributed by atoms with Crippen molar-refractivity contribution < 1.29 is 4.79 Å². The van der Waals surface area contributed by atoms with Gasteiger partial charge in [0.2, 0.25) is 0 Å². The lowest BCUT2D eigenvalue weighted by molar-refractivity contribution is 0.0937. The van der Waals surface area contributed by atoms with Gasteiger partial charge >= 0.3 is 0 Å². The van der Waals surface area contributed by atoms with E-state index in [1.54, 1.807) is 0 Å². The van der Waals surface area contributed by atoms with Gasteiger partial charge in [0.05, 0.1) is 11.3 Å². The van der Waals surface area contributed by atoms with Crippen LogP contribution < -0.4 is 10.6 Å². The predicted molar refractivity (Wildman–Crippen MR) is 84.2 cm³/mol. The molecule has 1 atom stereocenters. The van der Waals surface area contributed by atoms with Gasteiger partial charge in [0.15, 0.2) is 0 Å². The Morgan fingerprint density at radius 2 is 2.15 bits per heavy atom. The second-order valence-electron chi connectivity index (χ2n) is 6.85. The third-order valence-corrected chi connectivity index (χ3v) is 4.37. The Bertz CT molecular complexity index is 488. The Morgan fingerprint density at radius 3 is 2.85 bits per heavy atom. The zero-order valence-electron chi connectivity index (χ0n) is 13.0. The number of carbonyl (C=O) groups excluding carboxylic acids is 1. The molecule has 0 aliphatic carbocycles. The highest BCUT2D eigenvalue weighted by Crippen LogP contribution is 2.27. The van der Waals surface area contributed by atoms with Gasteiger partial charge < -0.3 is 10.6 Å². The Kier molecular flexibility index (Phi) is 4.36. The molecule has 2 N–H and O–H groups in total. The van der Waals surface area contributed by atoms with Crippen molar-refractivity contribution in [2.45, 2.75) is 40.5 Å². The lowest BCUT2D eigenvalue weighted by Crippen LogP contribution is -2.34. The number of aryl methyl sites for hydroxylation is 1. The van der Waals surface area contributed by atoms with Crippen molar-refractivity contribution in [3.05, 3.63) is 29.3 Å². The molecule has 0 bridgehead atoms. The summed E-state index contributed by atoms with van der Waals surface area (Å²) in [5.74, 6) is 0.478. The van der Waals surface area contributed by atoms with Crippen molar-refractivity contribution in [2.24, 2.45) is 11.3 Å². The molecule has 1 unspecified atom stereocenters. The normalized spacial score (nSPS) is 16.0. The van der Waals surface area contributed by atoms with E-state index in [-0.39, 0.29) is 11.3 Å². The Hall–Kier alpha value is -1.51. The van der Waals surface area contributed by atoms with E-state index in [4.69, 9.17) is 0 Å². The highest BCUT2D eigenvalue weighted by atomic mass is 16.1. The van der Waals surface area contributed by atoms with Gasteiger partial charge in [-0.25, -0.2) is 0 Å². The number of carbonyl (C=O) groups is 1. The molecule has 0 saturated carbocycles. The van der Waals surface area contributed by atoms with Crippen molar-refractivity contribution >= 4 is 11.6 Å². The van der Waals surface area contributed by atoms with Crippen LogP contribution in [0.1, 0.15) is 50.0 Å². The van der Waals surface area contributed by atoms with Gasteiger partial charge in [-0.15, -0.1) is 0 Å². The average molecular weight is 274 g/mol. The summed E-state index contributed by atoms with van der Waals surface area (Å²) in [5.41, 5.74) is 3.28. The molecular weight excluding hydrogens is 248 g/mol. The third kappa shape index (κ3) is 3.33. The second-order valence-corrected chi connectivity index (χ2v) is 6.85. The zero-order chi connectivity index (χ0) is 14.8. The number of amides is 1. The molecular formula is C17H26N2O. The molecule has 1 amide bonds. The first-order chi connectivity index (χ1) is 9.39. The highest BCUT2D eigenvalue weighted by molar-refractivity contribution is 6.00. The summed E-state index contributed by atoms with van der Waals surface area (Å²) >= 11 is 0. The van der Waals surface area contributed by atoms with Crippen LogP contribution >= 0.6 is 0 Å². The molecule has 3 nitrogen and oxygen atoms in total. The fraction of sp³-hybridized carbons (Fsp3) is 0.588. The van der Waals surface area contributed by atoms with E-state index in [1.165, 1.54) is 5.56 Å². The van der Waals surface area contributed by atoms with Crippen LogP contribution in [0.5, 0.6) is 0 Å². The summed E-state index contributed by atoms with van der Waals surface area (Å²) in [5, 5.41) is 6.45. The molecule has 0 radical (unpaired) electrons. The predicted octanol–water partition coefficient (Wildman–Crippen LogP) is 3.46. The molecule has 0 spiro atoms. The Labute approximate surface area is 122 Å². The molecule has 1 aliphatic heterocycles. The smallest absolute Gasteiger partial charge is 0.253 e. The van der Waals surface area contributed by atoms with Gasteiger partial charge in [-0.2, -0.15) is 0 Å². The molecule has 0 aromatic heterocycles. The van der Waals surface area contributed by atoms with Crippen LogP contribution in [-0.4, -0.2) is 19.0 Å². The summed E-state index contributed by atoms with van der Waals surface area (Å²) < 4.78 is 0. The summed E-state index contributed by atoms with van der Waals surface area (Å²) in [7, 11) is 0. The molecule has 0 saturated heterocycles. The molecule has 1 heterocycles. The molecule has 1 aliphatic rings. The maximum absolute atomic E-state index is 12.4. The first-order valence-electron chi connectivity index (χ1n) is 7.53. The monoisotopic (exact) mass is 274 g/mol. The lowest BCUT2D eigenvalue weighted by Gasteiger charge is -2.27. The standard InChI is InChI=1S/C17H26N2O/c1-12(17(2,3)4)11-19-16(20)14-9-5-7-13-8-6-10-18-15(13)14/h5,7,9,12,18H,6,8,10-11H2,1-4H3,(H,19,20). The highest BCUT2D eigenvalue weighted by Gasteiger charge is 2.22. The van der Waals surface area contributed by atoms with E-state index < -0.39 is 0 Å². The van der Waals surface area contributed by atoms with Crippen LogP contribution in [0.25, 0.3) is 0 Å². The number of hydrogen-bond acceptors (Lipinski definition) is 2. The minimum Gasteiger partial charge on any atom is -0.384 e. The number of anilines is 1. The van der Waals surface area contributed by atoms with Crippen molar-refractivity contribution in [2.75, 3.05) is 18.4 Å². The number of para-hydroxylation sites is 1. The van der Waals surface area contributed by atoms with E-state index in [2.05, 4.69) is 44.4 Å². The van der Waals surface area contributed by atoms with Crippen LogP contribution in [0.15, 0.2) is 18.2 Å². The van der Waals surface area contributed by atoms with E-state index in [0.717, 1.165) is 30.6 Å². The van der Waals surface area contributed by atoms with Crippen molar-refractivity contribution in [1.29, 1.82) is 0 Å². The molecule has 3 heteroatoms. The molecule has 1 aromatic carbocycles. The van der Waals surface area contributed by atoms with Crippen LogP contribution in [-0.2, 0) is 6.42 Å². The molecule has 2 rings (SSSR count). The zero-order valence-corrected chi connectivity index (χ0v) is 13.0. The Balaban J connectivity index is 2.07. The minimum absolute atomic E-state index is 0.0346. The third-order valence-electron chi connectivity index (χ3n) is 4.37. The topological polar surface area (TPSA) is 41.1 Å². The number of fused-ring (bicyclic) bond motifs is 1. The van der Waals surface area contributed by atoms with E-state index in [1.807, 2.05) is 12.1 Å². The van der Waals surface area contributed by atoms with Gasteiger partial charge in [0.1, 0.15) is 0 Å². The van der Waals surface area contributed by atoms with Crippen molar-refractivity contribution in [3.8, 4) is 0 Å². The van der Waals surface area contributed by atoms with Crippen LogP contribution in [0, 0.1) is 11.3 Å². The first kappa shape index (κ1) is 14.9. The summed E-state index contributed by atoms with van der Waals surface area (Å²) in [4.78, 5) is 12.4. The van der Waals surface area contributed by atoms with Crippen LogP contribution in [0.2, 0.25) is 0 Å². The Morgan fingerprint density at radius 1 is 1.40 bits per heavy atom. The fourth-order valence-corrected chi connectivity index (χ4v) is 2.35. The average Bonchev–Trinajstić information content (AvgIpc) is 2.42. The number of hydrogen-bond donors (Lipinski definition) is 2. The molecule has 1 aromatic rings. The van der Waals surface area contributed by atoms with Crippen molar-refractivity contribution in [1.82, 2.24) is 5.32 Å². The van der Waals surface area contributed by atoms with Crippen LogP contribution in [0.3, 0.4) is 0 Å². The van der Waals surface area contributed by atoms with Gasteiger partial charge in [-0.1, -0.05) is 39.8 Å². The number of rotatable bonds is 3. The maximum atomic E-state index is 12.4.